The van der Waals surface area contributed by atoms with Crippen molar-refractivity contribution in [1.82, 2.24) is 0 Å². The van der Waals surface area contributed by atoms with Crippen molar-refractivity contribution in [2.24, 2.45) is 0 Å². The molecule has 2 rings (SSSR count). The monoisotopic (exact) mass is 318 g/mol. The van der Waals surface area contributed by atoms with E-state index in [0.717, 1.165) is 12.1 Å². The van der Waals surface area contributed by atoms with E-state index in [1.807, 2.05) is 0 Å². The summed E-state index contributed by atoms with van der Waals surface area (Å²) in [4.78, 5) is 23.5. The maximum Gasteiger partial charge on any atom is 0.347 e. The zero-order valence-corrected chi connectivity index (χ0v) is 12.3. The Labute approximate surface area is 131 Å². The first-order valence-electron chi connectivity index (χ1n) is 6.52. The minimum atomic E-state index is -1.32. The normalized spacial score (nSPS) is 10.3. The molecule has 0 heterocycles. The van der Waals surface area contributed by atoms with E-state index in [0.29, 0.717) is 0 Å². The van der Waals surface area contributed by atoms with Gasteiger partial charge < -0.3 is 25.2 Å². The summed E-state index contributed by atoms with van der Waals surface area (Å²) in [5.74, 6) is -3.66. The number of ether oxygens (including phenoxy) is 1. The number of carboxylic acids is 1. The summed E-state index contributed by atoms with van der Waals surface area (Å²) in [5, 5.41) is 37.9. The van der Waals surface area contributed by atoms with E-state index in [1.165, 1.54) is 26.0 Å². The van der Waals surface area contributed by atoms with Gasteiger partial charge in [0, 0.05) is 12.1 Å². The van der Waals surface area contributed by atoms with Crippen LogP contribution in [0.15, 0.2) is 24.3 Å². The fourth-order valence-electron chi connectivity index (χ4n) is 2.26. The van der Waals surface area contributed by atoms with Gasteiger partial charge in [-0.05, 0) is 37.1 Å². The fourth-order valence-corrected chi connectivity index (χ4v) is 2.26. The molecule has 0 aliphatic rings. The van der Waals surface area contributed by atoms with E-state index in [9.17, 15) is 30.0 Å². The van der Waals surface area contributed by atoms with Crippen LogP contribution in [0.5, 0.6) is 23.0 Å². The number of benzene rings is 2. The smallest absolute Gasteiger partial charge is 0.347 e. The first kappa shape index (κ1) is 16.2. The third-order valence-electron chi connectivity index (χ3n) is 3.20. The number of phenolic OH excluding ortho intramolecular Hbond substituents is 3. The van der Waals surface area contributed by atoms with E-state index in [-0.39, 0.29) is 39.5 Å². The molecular formula is C16H14O7. The lowest BCUT2D eigenvalue weighted by Gasteiger charge is -2.12. The molecule has 2 aromatic rings. The van der Waals surface area contributed by atoms with Gasteiger partial charge in [0.05, 0.1) is 0 Å². The number of carbonyl (C=O) groups is 2. The molecule has 0 amide bonds. The number of carbonyl (C=O) groups excluding carboxylic acids is 1. The predicted octanol–water partition coefficient (Wildman–Crippen LogP) is 2.34. The van der Waals surface area contributed by atoms with Gasteiger partial charge >= 0.3 is 11.9 Å². The Hall–Kier alpha value is -3.22. The highest BCUT2D eigenvalue weighted by Crippen LogP contribution is 2.31. The molecule has 23 heavy (non-hydrogen) atoms. The van der Waals surface area contributed by atoms with Crippen molar-refractivity contribution in [3.05, 3.63) is 46.5 Å². The summed E-state index contributed by atoms with van der Waals surface area (Å²) in [5.41, 5.74) is -0.0135. The molecule has 7 nitrogen and oxygen atoms in total. The molecule has 120 valence electrons. The van der Waals surface area contributed by atoms with Gasteiger partial charge in [-0.3, -0.25) is 0 Å². The Kier molecular flexibility index (Phi) is 4.13. The molecule has 0 aliphatic carbocycles. The molecule has 0 saturated carbocycles. The van der Waals surface area contributed by atoms with E-state index in [2.05, 4.69) is 0 Å². The molecule has 0 radical (unpaired) electrons. The number of hydrogen-bond donors (Lipinski definition) is 4. The van der Waals surface area contributed by atoms with Crippen LogP contribution in [-0.2, 0) is 0 Å². The summed E-state index contributed by atoms with van der Waals surface area (Å²) in [6.45, 7) is 2.92. The van der Waals surface area contributed by atoms with Gasteiger partial charge in [0.1, 0.15) is 34.1 Å². The van der Waals surface area contributed by atoms with Crippen LogP contribution in [0.2, 0.25) is 0 Å². The second-order valence-corrected chi connectivity index (χ2v) is 4.99. The van der Waals surface area contributed by atoms with Gasteiger partial charge in [0.25, 0.3) is 0 Å². The van der Waals surface area contributed by atoms with Crippen molar-refractivity contribution < 1.29 is 34.8 Å². The second kappa shape index (κ2) is 5.88. The van der Waals surface area contributed by atoms with Gasteiger partial charge in [-0.25, -0.2) is 9.59 Å². The molecule has 0 unspecified atom stereocenters. The highest BCUT2D eigenvalue weighted by Gasteiger charge is 2.22. The Morgan fingerprint density at radius 1 is 0.870 bits per heavy atom. The number of hydrogen-bond acceptors (Lipinski definition) is 6. The summed E-state index contributed by atoms with van der Waals surface area (Å²) in [7, 11) is 0. The van der Waals surface area contributed by atoms with Crippen LogP contribution < -0.4 is 4.74 Å². The molecule has 4 N–H and O–H groups in total. The Balaban J connectivity index is 2.48. The van der Waals surface area contributed by atoms with Crippen molar-refractivity contribution in [2.45, 2.75) is 13.8 Å². The van der Waals surface area contributed by atoms with Gasteiger partial charge in [-0.15, -0.1) is 0 Å². The number of aromatic hydroxyl groups is 3. The third kappa shape index (κ3) is 3.18. The number of rotatable bonds is 3. The number of aromatic carboxylic acids is 1. The van der Waals surface area contributed by atoms with Crippen LogP contribution in [0.4, 0.5) is 0 Å². The lowest BCUT2D eigenvalue weighted by Crippen LogP contribution is -2.14. The Bertz CT molecular complexity index is 785. The van der Waals surface area contributed by atoms with Crippen LogP contribution in [0.1, 0.15) is 31.8 Å². The Morgan fingerprint density at radius 3 is 1.91 bits per heavy atom. The minimum Gasteiger partial charge on any atom is -0.508 e. The summed E-state index contributed by atoms with van der Waals surface area (Å²) in [6, 6.07) is 4.45. The van der Waals surface area contributed by atoms with E-state index >= 15 is 0 Å². The average molecular weight is 318 g/mol. The molecule has 0 fully saturated rings. The molecule has 0 spiro atoms. The van der Waals surface area contributed by atoms with Gasteiger partial charge in [-0.2, -0.15) is 0 Å². The molecule has 2 aromatic carbocycles. The van der Waals surface area contributed by atoms with Crippen molar-refractivity contribution in [1.29, 1.82) is 0 Å². The zero-order valence-electron chi connectivity index (χ0n) is 12.3. The molecule has 0 aliphatic heterocycles. The fraction of sp³-hybridized carbons (Fsp3) is 0.125. The number of carboxylic acid groups (broad SMARTS) is 1. The van der Waals surface area contributed by atoms with E-state index in [1.54, 1.807) is 0 Å². The lowest BCUT2D eigenvalue weighted by molar-refractivity contribution is 0.0680. The molecule has 0 atom stereocenters. The highest BCUT2D eigenvalue weighted by atomic mass is 16.5. The first-order valence-corrected chi connectivity index (χ1v) is 6.52. The van der Waals surface area contributed by atoms with Gasteiger partial charge in [0.2, 0.25) is 0 Å². The van der Waals surface area contributed by atoms with E-state index < -0.39 is 17.7 Å². The summed E-state index contributed by atoms with van der Waals surface area (Å²) in [6.07, 6.45) is 0. The number of phenols is 3. The maximum atomic E-state index is 12.2. The maximum absolute atomic E-state index is 12.2. The van der Waals surface area contributed by atoms with Crippen molar-refractivity contribution in [3.63, 3.8) is 0 Å². The van der Waals surface area contributed by atoms with Crippen LogP contribution in [0.3, 0.4) is 0 Å². The van der Waals surface area contributed by atoms with Crippen molar-refractivity contribution in [2.75, 3.05) is 0 Å². The SMILES string of the molecule is Cc1cc(O)cc(O)c1C(=O)Oc1cc(O)cc(C)c1C(=O)O. The number of esters is 1. The first-order chi connectivity index (χ1) is 10.7. The lowest BCUT2D eigenvalue weighted by atomic mass is 10.1. The van der Waals surface area contributed by atoms with Crippen LogP contribution >= 0.6 is 0 Å². The van der Waals surface area contributed by atoms with Gasteiger partial charge in [-0.1, -0.05) is 0 Å². The third-order valence-corrected chi connectivity index (χ3v) is 3.20. The molecule has 7 heteroatoms. The highest BCUT2D eigenvalue weighted by molar-refractivity contribution is 5.98. The standard InChI is InChI=1S/C16H14O7/c1-7-3-9(17)5-11(19)13(7)16(22)23-12-6-10(18)4-8(2)14(12)15(20)21/h3-6,17-19H,1-2H3,(H,20,21). The van der Waals surface area contributed by atoms with Crippen molar-refractivity contribution in [3.8, 4) is 23.0 Å². The second-order valence-electron chi connectivity index (χ2n) is 4.99. The zero-order chi connectivity index (χ0) is 17.3. The minimum absolute atomic E-state index is 0.208. The number of aryl methyl sites for hydroxylation is 2. The summed E-state index contributed by atoms with van der Waals surface area (Å²) >= 11 is 0. The predicted molar refractivity (Wildman–Crippen MR) is 79.3 cm³/mol. The van der Waals surface area contributed by atoms with Crippen molar-refractivity contribution >= 4 is 11.9 Å². The van der Waals surface area contributed by atoms with Crippen LogP contribution in [0.25, 0.3) is 0 Å². The quantitative estimate of drug-likeness (QED) is 0.505. The van der Waals surface area contributed by atoms with Crippen LogP contribution in [-0.4, -0.2) is 32.4 Å². The molecule has 0 bridgehead atoms. The molecule has 0 saturated heterocycles. The largest absolute Gasteiger partial charge is 0.508 e. The average Bonchev–Trinajstić information content (AvgIpc) is 2.35. The summed E-state index contributed by atoms with van der Waals surface area (Å²) < 4.78 is 5.03. The van der Waals surface area contributed by atoms with Crippen LogP contribution in [0, 0.1) is 13.8 Å². The topological polar surface area (TPSA) is 124 Å². The van der Waals surface area contributed by atoms with Gasteiger partial charge in [0.15, 0.2) is 0 Å². The molecule has 0 aromatic heterocycles. The molecular weight excluding hydrogens is 304 g/mol. The Morgan fingerprint density at radius 2 is 1.39 bits per heavy atom. The van der Waals surface area contributed by atoms with E-state index in [4.69, 9.17) is 4.74 Å².